The number of alkyl carbamates (subject to hydrolysis) is 1. The molecule has 0 aliphatic heterocycles. The number of hydrogen-bond acceptors (Lipinski definition) is 5. The SMILES string of the molecule is CCC[C@H](NC(=O)OCC1c2ccccc2-c2ccccc21)C(=O)NCC(OC)C(=O)O. The minimum atomic E-state index is -1.18. The lowest BCUT2D eigenvalue weighted by Gasteiger charge is -2.20. The van der Waals surface area contributed by atoms with Gasteiger partial charge in [0.1, 0.15) is 12.6 Å². The molecule has 2 atom stereocenters. The Kier molecular flexibility index (Phi) is 7.83. The van der Waals surface area contributed by atoms with E-state index < -0.39 is 30.1 Å². The Labute approximate surface area is 186 Å². The van der Waals surface area contributed by atoms with Crippen molar-refractivity contribution in [1.29, 1.82) is 0 Å². The normalized spacial score (nSPS) is 14.1. The summed E-state index contributed by atoms with van der Waals surface area (Å²) < 4.78 is 10.3. The van der Waals surface area contributed by atoms with Crippen LogP contribution in [0, 0.1) is 0 Å². The molecule has 3 rings (SSSR count). The van der Waals surface area contributed by atoms with E-state index >= 15 is 0 Å². The number of carboxylic acid groups (broad SMARTS) is 1. The van der Waals surface area contributed by atoms with E-state index in [1.165, 1.54) is 7.11 Å². The maximum atomic E-state index is 12.5. The summed E-state index contributed by atoms with van der Waals surface area (Å²) in [5.41, 5.74) is 4.46. The zero-order chi connectivity index (χ0) is 23.1. The van der Waals surface area contributed by atoms with Crippen LogP contribution in [-0.4, -0.2) is 55.5 Å². The highest BCUT2D eigenvalue weighted by Gasteiger charge is 2.30. The van der Waals surface area contributed by atoms with Gasteiger partial charge in [0, 0.05) is 13.0 Å². The monoisotopic (exact) mass is 440 g/mol. The lowest BCUT2D eigenvalue weighted by molar-refractivity contribution is -0.148. The lowest BCUT2D eigenvalue weighted by Crippen LogP contribution is -2.49. The fraction of sp³-hybridized carbons (Fsp3) is 0.375. The van der Waals surface area contributed by atoms with E-state index in [2.05, 4.69) is 22.8 Å². The van der Waals surface area contributed by atoms with Crippen molar-refractivity contribution in [2.75, 3.05) is 20.3 Å². The second kappa shape index (κ2) is 10.8. The highest BCUT2D eigenvalue weighted by Crippen LogP contribution is 2.44. The summed E-state index contributed by atoms with van der Waals surface area (Å²) in [6, 6.07) is 15.2. The van der Waals surface area contributed by atoms with Gasteiger partial charge in [0.25, 0.3) is 0 Å². The average molecular weight is 440 g/mol. The van der Waals surface area contributed by atoms with Gasteiger partial charge in [0.05, 0.1) is 6.54 Å². The van der Waals surface area contributed by atoms with Crippen LogP contribution in [0.3, 0.4) is 0 Å². The van der Waals surface area contributed by atoms with Crippen molar-refractivity contribution >= 4 is 18.0 Å². The first-order valence-electron chi connectivity index (χ1n) is 10.6. The largest absolute Gasteiger partial charge is 0.479 e. The van der Waals surface area contributed by atoms with Crippen molar-refractivity contribution in [3.8, 4) is 11.1 Å². The smallest absolute Gasteiger partial charge is 0.407 e. The molecule has 0 fully saturated rings. The highest BCUT2D eigenvalue weighted by atomic mass is 16.5. The number of nitrogens with one attached hydrogen (secondary N) is 2. The molecule has 1 aliphatic carbocycles. The van der Waals surface area contributed by atoms with Crippen molar-refractivity contribution in [3.05, 3.63) is 59.7 Å². The van der Waals surface area contributed by atoms with Crippen LogP contribution >= 0.6 is 0 Å². The first kappa shape index (κ1) is 23.3. The molecular weight excluding hydrogens is 412 g/mol. The molecule has 32 heavy (non-hydrogen) atoms. The number of fused-ring (bicyclic) bond motifs is 3. The molecule has 0 bridgehead atoms. The van der Waals surface area contributed by atoms with Gasteiger partial charge in [-0.25, -0.2) is 9.59 Å². The van der Waals surface area contributed by atoms with Crippen molar-refractivity contribution in [2.45, 2.75) is 37.8 Å². The number of methoxy groups -OCH3 is 1. The number of benzene rings is 2. The number of aliphatic carboxylic acids is 1. The number of carboxylic acids is 1. The zero-order valence-electron chi connectivity index (χ0n) is 18.2. The maximum absolute atomic E-state index is 12.5. The first-order valence-corrected chi connectivity index (χ1v) is 10.6. The molecule has 170 valence electrons. The Bertz CT molecular complexity index is 931. The van der Waals surface area contributed by atoms with Gasteiger partial charge in [-0.3, -0.25) is 4.79 Å². The summed E-state index contributed by atoms with van der Waals surface area (Å²) in [6.45, 7) is 1.83. The molecule has 0 saturated carbocycles. The van der Waals surface area contributed by atoms with Gasteiger partial charge < -0.3 is 25.2 Å². The third-order valence-corrected chi connectivity index (χ3v) is 5.55. The number of carbonyl (C=O) groups excluding carboxylic acids is 2. The fourth-order valence-electron chi connectivity index (χ4n) is 3.93. The topological polar surface area (TPSA) is 114 Å². The summed E-state index contributed by atoms with van der Waals surface area (Å²) in [5.74, 6) is -1.74. The summed E-state index contributed by atoms with van der Waals surface area (Å²) >= 11 is 0. The molecule has 0 aromatic heterocycles. The number of amides is 2. The third kappa shape index (κ3) is 5.26. The molecule has 3 N–H and O–H groups in total. The van der Waals surface area contributed by atoms with Gasteiger partial charge in [0.15, 0.2) is 6.10 Å². The van der Waals surface area contributed by atoms with E-state index in [0.717, 1.165) is 22.3 Å². The Morgan fingerprint density at radius 2 is 1.62 bits per heavy atom. The second-order valence-corrected chi connectivity index (χ2v) is 7.62. The van der Waals surface area contributed by atoms with Gasteiger partial charge in [-0.2, -0.15) is 0 Å². The van der Waals surface area contributed by atoms with Crippen LogP contribution in [0.25, 0.3) is 11.1 Å². The molecule has 0 radical (unpaired) electrons. The van der Waals surface area contributed by atoms with E-state index in [9.17, 15) is 14.4 Å². The van der Waals surface area contributed by atoms with E-state index in [1.807, 2.05) is 43.3 Å². The summed E-state index contributed by atoms with van der Waals surface area (Å²) in [4.78, 5) is 36.0. The minimum absolute atomic E-state index is 0.0790. The van der Waals surface area contributed by atoms with Gasteiger partial charge in [0.2, 0.25) is 5.91 Å². The van der Waals surface area contributed by atoms with E-state index in [-0.39, 0.29) is 19.1 Å². The minimum Gasteiger partial charge on any atom is -0.479 e. The first-order chi connectivity index (χ1) is 15.5. The molecule has 0 heterocycles. The standard InChI is InChI=1S/C24H28N2O6/c1-3-8-20(22(27)25-13-21(31-2)23(28)29)26-24(30)32-14-19-17-11-6-4-9-15(17)16-10-5-7-12-18(16)19/h4-7,9-12,19-21H,3,8,13-14H2,1-2H3,(H,25,27)(H,26,30)(H,28,29)/t20-,21?/m0/s1. The van der Waals surface area contributed by atoms with Crippen molar-refractivity contribution < 1.29 is 29.0 Å². The van der Waals surface area contributed by atoms with E-state index in [4.69, 9.17) is 14.6 Å². The van der Waals surface area contributed by atoms with E-state index in [0.29, 0.717) is 12.8 Å². The fourth-order valence-corrected chi connectivity index (χ4v) is 3.93. The van der Waals surface area contributed by atoms with Gasteiger partial charge >= 0.3 is 12.1 Å². The number of ether oxygens (including phenoxy) is 2. The molecule has 2 aromatic rings. The van der Waals surface area contributed by atoms with Crippen LogP contribution in [0.15, 0.2) is 48.5 Å². The van der Waals surface area contributed by atoms with Crippen LogP contribution in [0.1, 0.15) is 36.8 Å². The van der Waals surface area contributed by atoms with Crippen LogP contribution < -0.4 is 10.6 Å². The summed E-state index contributed by atoms with van der Waals surface area (Å²) in [5, 5.41) is 14.1. The number of rotatable bonds is 10. The van der Waals surface area contributed by atoms with Crippen LogP contribution in [-0.2, 0) is 19.1 Å². The molecule has 2 aromatic carbocycles. The average Bonchev–Trinajstić information content (AvgIpc) is 3.11. The molecule has 0 saturated heterocycles. The Hall–Kier alpha value is -3.39. The Morgan fingerprint density at radius 3 is 2.16 bits per heavy atom. The van der Waals surface area contributed by atoms with Crippen LogP contribution in [0.5, 0.6) is 0 Å². The van der Waals surface area contributed by atoms with Crippen LogP contribution in [0.2, 0.25) is 0 Å². The van der Waals surface area contributed by atoms with Crippen LogP contribution in [0.4, 0.5) is 4.79 Å². The van der Waals surface area contributed by atoms with Gasteiger partial charge in [-0.05, 0) is 28.7 Å². The Morgan fingerprint density at radius 1 is 1.03 bits per heavy atom. The highest BCUT2D eigenvalue weighted by molar-refractivity contribution is 5.86. The van der Waals surface area contributed by atoms with Crippen molar-refractivity contribution in [1.82, 2.24) is 10.6 Å². The molecule has 2 amide bonds. The third-order valence-electron chi connectivity index (χ3n) is 5.55. The molecule has 8 nitrogen and oxygen atoms in total. The van der Waals surface area contributed by atoms with Crippen molar-refractivity contribution in [2.24, 2.45) is 0 Å². The lowest BCUT2D eigenvalue weighted by atomic mass is 9.98. The predicted molar refractivity (Wildman–Crippen MR) is 118 cm³/mol. The maximum Gasteiger partial charge on any atom is 0.407 e. The van der Waals surface area contributed by atoms with Gasteiger partial charge in [-0.15, -0.1) is 0 Å². The van der Waals surface area contributed by atoms with E-state index in [1.54, 1.807) is 0 Å². The predicted octanol–water partition coefficient (Wildman–Crippen LogP) is 2.91. The number of hydrogen-bond donors (Lipinski definition) is 3. The second-order valence-electron chi connectivity index (χ2n) is 7.62. The summed E-state index contributed by atoms with van der Waals surface area (Å²) in [6.07, 6.45) is -0.813. The molecule has 8 heteroatoms. The summed E-state index contributed by atoms with van der Waals surface area (Å²) in [7, 11) is 1.25. The zero-order valence-corrected chi connectivity index (χ0v) is 18.2. The molecule has 0 spiro atoms. The molecule has 1 aliphatic rings. The van der Waals surface area contributed by atoms with Crippen molar-refractivity contribution in [3.63, 3.8) is 0 Å². The van der Waals surface area contributed by atoms with Gasteiger partial charge in [-0.1, -0.05) is 61.9 Å². The molecule has 1 unspecified atom stereocenters. The quantitative estimate of drug-likeness (QED) is 0.524. The number of carbonyl (C=O) groups is 3. The molecular formula is C24H28N2O6. The Balaban J connectivity index is 1.60.